The Balaban J connectivity index is 2.49. The van der Waals surface area contributed by atoms with Crippen LogP contribution in [0.2, 0.25) is 0 Å². The number of ketones is 1. The van der Waals surface area contributed by atoms with Crippen LogP contribution >= 0.6 is 0 Å². The zero-order valence-corrected chi connectivity index (χ0v) is 18.9. The monoisotopic (exact) mass is 408 g/mol. The standard InChI is InChI=1S/C25H44O4/c1-4-5-6-10-13-20(26)16-17-21-22(24(27)18-23(21)19(2)3)14-11-8-7-9-12-15-25(28)29/h16-17,19-23,26H,4-15,18H2,1-3H3,(H,28,29). The molecule has 1 aliphatic carbocycles. The third-order valence-electron chi connectivity index (χ3n) is 6.48. The Morgan fingerprint density at radius 1 is 1.07 bits per heavy atom. The van der Waals surface area contributed by atoms with Gasteiger partial charge in [0.1, 0.15) is 5.78 Å². The van der Waals surface area contributed by atoms with Gasteiger partial charge in [0.25, 0.3) is 0 Å². The summed E-state index contributed by atoms with van der Waals surface area (Å²) in [6.07, 6.45) is 15.8. The molecule has 0 aromatic rings. The van der Waals surface area contributed by atoms with Crippen LogP contribution in [-0.2, 0) is 9.59 Å². The van der Waals surface area contributed by atoms with Crippen LogP contribution in [0.5, 0.6) is 0 Å². The van der Waals surface area contributed by atoms with Crippen molar-refractivity contribution in [1.29, 1.82) is 0 Å². The number of carboxylic acid groups (broad SMARTS) is 1. The molecule has 4 atom stereocenters. The van der Waals surface area contributed by atoms with Gasteiger partial charge in [-0.05, 0) is 37.0 Å². The van der Waals surface area contributed by atoms with E-state index in [1.807, 2.05) is 6.08 Å². The molecule has 4 unspecified atom stereocenters. The number of aliphatic hydroxyl groups is 1. The van der Waals surface area contributed by atoms with Crippen LogP contribution in [-0.4, -0.2) is 28.1 Å². The lowest BCUT2D eigenvalue weighted by Crippen LogP contribution is -2.19. The highest BCUT2D eigenvalue weighted by molar-refractivity contribution is 5.84. The molecule has 2 N–H and O–H groups in total. The molecule has 1 aliphatic rings. The van der Waals surface area contributed by atoms with Crippen molar-refractivity contribution in [3.8, 4) is 0 Å². The number of unbranched alkanes of at least 4 members (excludes halogenated alkanes) is 7. The van der Waals surface area contributed by atoms with Gasteiger partial charge in [-0.15, -0.1) is 0 Å². The largest absolute Gasteiger partial charge is 0.481 e. The fourth-order valence-electron chi connectivity index (χ4n) is 4.65. The molecule has 1 saturated carbocycles. The fourth-order valence-corrected chi connectivity index (χ4v) is 4.65. The van der Waals surface area contributed by atoms with E-state index in [1.54, 1.807) is 0 Å². The number of allylic oxidation sites excluding steroid dienone is 1. The van der Waals surface area contributed by atoms with Gasteiger partial charge in [0.05, 0.1) is 6.10 Å². The van der Waals surface area contributed by atoms with E-state index in [2.05, 4.69) is 26.8 Å². The smallest absolute Gasteiger partial charge is 0.303 e. The summed E-state index contributed by atoms with van der Waals surface area (Å²) in [7, 11) is 0. The van der Waals surface area contributed by atoms with Crippen molar-refractivity contribution in [2.75, 3.05) is 0 Å². The number of aliphatic carboxylic acids is 1. The van der Waals surface area contributed by atoms with Crippen LogP contribution in [0, 0.1) is 23.7 Å². The topological polar surface area (TPSA) is 74.6 Å². The van der Waals surface area contributed by atoms with E-state index in [4.69, 9.17) is 5.11 Å². The Labute approximate surface area is 178 Å². The van der Waals surface area contributed by atoms with Gasteiger partial charge in [0, 0.05) is 18.8 Å². The predicted octanol–water partition coefficient (Wildman–Crippen LogP) is 6.17. The summed E-state index contributed by atoms with van der Waals surface area (Å²) in [5.41, 5.74) is 0. The van der Waals surface area contributed by atoms with Crippen molar-refractivity contribution in [3.63, 3.8) is 0 Å². The average Bonchev–Trinajstić information content (AvgIpc) is 2.98. The number of Topliss-reactive ketones (excluding diaryl/α,β-unsaturated/α-hetero) is 1. The zero-order chi connectivity index (χ0) is 21.6. The number of carbonyl (C=O) groups is 2. The summed E-state index contributed by atoms with van der Waals surface area (Å²) in [6, 6.07) is 0. The van der Waals surface area contributed by atoms with Crippen LogP contribution in [0.15, 0.2) is 12.2 Å². The molecule has 0 aliphatic heterocycles. The van der Waals surface area contributed by atoms with Gasteiger partial charge in [0.2, 0.25) is 0 Å². The lowest BCUT2D eigenvalue weighted by atomic mass is 9.80. The number of aliphatic hydroxyl groups excluding tert-OH is 1. The summed E-state index contributed by atoms with van der Waals surface area (Å²) >= 11 is 0. The van der Waals surface area contributed by atoms with Crippen LogP contribution in [0.3, 0.4) is 0 Å². The minimum atomic E-state index is -0.719. The van der Waals surface area contributed by atoms with E-state index in [-0.39, 0.29) is 18.3 Å². The quantitative estimate of drug-likeness (QED) is 0.237. The number of rotatable bonds is 16. The van der Waals surface area contributed by atoms with E-state index in [0.29, 0.717) is 24.0 Å². The van der Waals surface area contributed by atoms with E-state index >= 15 is 0 Å². The van der Waals surface area contributed by atoms with Crippen molar-refractivity contribution < 1.29 is 19.8 Å². The van der Waals surface area contributed by atoms with Crippen LogP contribution in [0.4, 0.5) is 0 Å². The van der Waals surface area contributed by atoms with E-state index in [9.17, 15) is 14.7 Å². The maximum Gasteiger partial charge on any atom is 0.303 e. The first-order valence-corrected chi connectivity index (χ1v) is 12.0. The molecule has 1 rings (SSSR count). The van der Waals surface area contributed by atoms with Crippen molar-refractivity contribution in [2.45, 2.75) is 110 Å². The highest BCUT2D eigenvalue weighted by Crippen LogP contribution is 2.42. The molecule has 0 heterocycles. The van der Waals surface area contributed by atoms with Gasteiger partial charge in [-0.2, -0.15) is 0 Å². The first kappa shape index (κ1) is 25.9. The highest BCUT2D eigenvalue weighted by Gasteiger charge is 2.41. The molecule has 168 valence electrons. The second kappa shape index (κ2) is 14.8. The third-order valence-corrected chi connectivity index (χ3v) is 6.48. The Hall–Kier alpha value is -1.16. The Bertz CT molecular complexity index is 497. The fraction of sp³-hybridized carbons (Fsp3) is 0.840. The molecule has 0 saturated heterocycles. The Morgan fingerprint density at radius 3 is 2.38 bits per heavy atom. The molecule has 0 radical (unpaired) electrons. The lowest BCUT2D eigenvalue weighted by Gasteiger charge is -2.24. The molecular weight excluding hydrogens is 364 g/mol. The van der Waals surface area contributed by atoms with Gasteiger partial charge in [-0.25, -0.2) is 0 Å². The summed E-state index contributed by atoms with van der Waals surface area (Å²) in [4.78, 5) is 23.2. The Kier molecular flexibility index (Phi) is 13.2. The third kappa shape index (κ3) is 10.4. The lowest BCUT2D eigenvalue weighted by molar-refractivity contribution is -0.137. The zero-order valence-electron chi connectivity index (χ0n) is 18.9. The molecule has 0 aromatic carbocycles. The molecule has 0 spiro atoms. The SMILES string of the molecule is CCCCCCC(O)C=CC1C(CCCCCCCC(=O)O)C(=O)CC1C(C)C. The Morgan fingerprint density at radius 2 is 1.72 bits per heavy atom. The molecule has 4 heteroatoms. The van der Waals surface area contributed by atoms with Gasteiger partial charge in [-0.3, -0.25) is 9.59 Å². The molecular formula is C25H44O4. The predicted molar refractivity (Wildman–Crippen MR) is 119 cm³/mol. The van der Waals surface area contributed by atoms with Gasteiger partial charge in [-0.1, -0.05) is 84.3 Å². The first-order valence-electron chi connectivity index (χ1n) is 12.0. The average molecular weight is 409 g/mol. The number of carboxylic acids is 1. The van der Waals surface area contributed by atoms with Gasteiger partial charge >= 0.3 is 5.97 Å². The molecule has 0 amide bonds. The molecule has 0 bridgehead atoms. The maximum absolute atomic E-state index is 12.7. The highest BCUT2D eigenvalue weighted by atomic mass is 16.4. The maximum atomic E-state index is 12.7. The van der Waals surface area contributed by atoms with E-state index in [1.165, 1.54) is 19.3 Å². The summed E-state index contributed by atoms with van der Waals surface area (Å²) in [6.45, 7) is 6.59. The normalized spacial score (nSPS) is 23.3. The molecule has 1 fully saturated rings. The first-order chi connectivity index (χ1) is 13.9. The van der Waals surface area contributed by atoms with Crippen LogP contribution in [0.25, 0.3) is 0 Å². The molecule has 29 heavy (non-hydrogen) atoms. The van der Waals surface area contributed by atoms with Crippen molar-refractivity contribution in [1.82, 2.24) is 0 Å². The van der Waals surface area contributed by atoms with Crippen molar-refractivity contribution in [2.24, 2.45) is 23.7 Å². The van der Waals surface area contributed by atoms with Crippen LogP contribution < -0.4 is 0 Å². The van der Waals surface area contributed by atoms with Crippen molar-refractivity contribution in [3.05, 3.63) is 12.2 Å². The number of hydrogen-bond donors (Lipinski definition) is 2. The van der Waals surface area contributed by atoms with E-state index < -0.39 is 12.1 Å². The summed E-state index contributed by atoms with van der Waals surface area (Å²) in [5, 5.41) is 19.0. The van der Waals surface area contributed by atoms with Crippen molar-refractivity contribution >= 4 is 11.8 Å². The second-order valence-corrected chi connectivity index (χ2v) is 9.26. The number of hydrogen-bond acceptors (Lipinski definition) is 3. The second-order valence-electron chi connectivity index (χ2n) is 9.26. The molecule has 0 aromatic heterocycles. The minimum Gasteiger partial charge on any atom is -0.481 e. The van der Waals surface area contributed by atoms with Gasteiger partial charge < -0.3 is 10.2 Å². The minimum absolute atomic E-state index is 0.0879. The summed E-state index contributed by atoms with van der Waals surface area (Å²) < 4.78 is 0. The van der Waals surface area contributed by atoms with E-state index in [0.717, 1.165) is 51.4 Å². The van der Waals surface area contributed by atoms with Gasteiger partial charge in [0.15, 0.2) is 0 Å². The molecule has 4 nitrogen and oxygen atoms in total. The number of carbonyl (C=O) groups excluding carboxylic acids is 1. The summed E-state index contributed by atoms with van der Waals surface area (Å²) in [5.74, 6) is 0.859. The van der Waals surface area contributed by atoms with Crippen LogP contribution in [0.1, 0.15) is 104 Å².